The van der Waals surface area contributed by atoms with Crippen LogP contribution in [-0.2, 0) is 6.42 Å². The van der Waals surface area contributed by atoms with Crippen LogP contribution in [0.2, 0.25) is 0 Å². The molecular weight excluding hydrogens is 184 g/mol. The Labute approximate surface area is 92.1 Å². The van der Waals surface area contributed by atoms with Crippen molar-refractivity contribution in [3.05, 3.63) is 35.9 Å². The monoisotopic (exact) mass is 204 g/mol. The Balaban J connectivity index is 1.82. The van der Waals surface area contributed by atoms with Crippen molar-refractivity contribution >= 4 is 0 Å². The van der Waals surface area contributed by atoms with Gasteiger partial charge in [-0.05, 0) is 30.9 Å². The molecule has 2 heteroatoms. The lowest BCUT2D eigenvalue weighted by Gasteiger charge is -2.14. The molecule has 1 aromatic carbocycles. The number of nitrogens with zero attached hydrogens (tertiary/aromatic N) is 1. The molecule has 15 heavy (non-hydrogen) atoms. The Hall–Kier alpha value is -0.860. The maximum Gasteiger partial charge on any atom is 0.0105 e. The third-order valence-corrected chi connectivity index (χ3v) is 3.18. The topological polar surface area (TPSA) is 29.3 Å². The number of hydrogen-bond acceptors (Lipinski definition) is 2. The first kappa shape index (κ1) is 10.7. The molecule has 82 valence electrons. The first-order chi connectivity index (χ1) is 7.38. The highest BCUT2D eigenvalue weighted by Crippen LogP contribution is 2.20. The zero-order chi connectivity index (χ0) is 10.5. The molecular formula is C13H20N2. The molecule has 0 aliphatic carbocycles. The van der Waals surface area contributed by atoms with Crippen LogP contribution in [0.25, 0.3) is 0 Å². The van der Waals surface area contributed by atoms with Gasteiger partial charge < -0.3 is 10.6 Å². The second-order valence-electron chi connectivity index (χ2n) is 4.43. The summed E-state index contributed by atoms with van der Waals surface area (Å²) in [5.74, 6) is 0.832. The Morgan fingerprint density at radius 2 is 2.07 bits per heavy atom. The van der Waals surface area contributed by atoms with Gasteiger partial charge in [-0.25, -0.2) is 0 Å². The molecule has 1 unspecified atom stereocenters. The van der Waals surface area contributed by atoms with E-state index in [1.807, 2.05) is 0 Å². The summed E-state index contributed by atoms with van der Waals surface area (Å²) >= 11 is 0. The highest BCUT2D eigenvalue weighted by atomic mass is 15.1. The van der Waals surface area contributed by atoms with Gasteiger partial charge in [0.1, 0.15) is 0 Å². The van der Waals surface area contributed by atoms with Crippen LogP contribution in [0, 0.1) is 5.92 Å². The van der Waals surface area contributed by atoms with E-state index in [0.29, 0.717) is 0 Å². The summed E-state index contributed by atoms with van der Waals surface area (Å²) in [4.78, 5) is 2.48. The van der Waals surface area contributed by atoms with Crippen molar-refractivity contribution in [1.82, 2.24) is 4.90 Å². The third kappa shape index (κ3) is 3.05. The molecule has 1 heterocycles. The van der Waals surface area contributed by atoms with Crippen molar-refractivity contribution < 1.29 is 0 Å². The fourth-order valence-electron chi connectivity index (χ4n) is 2.41. The van der Waals surface area contributed by atoms with Gasteiger partial charge in [-0.3, -0.25) is 0 Å². The second kappa shape index (κ2) is 5.29. The van der Waals surface area contributed by atoms with Crippen LogP contribution >= 0.6 is 0 Å². The lowest BCUT2D eigenvalue weighted by Crippen LogP contribution is -2.27. The predicted octanol–water partition coefficient (Wildman–Crippen LogP) is 1.51. The van der Waals surface area contributed by atoms with Crippen molar-refractivity contribution in [2.75, 3.05) is 26.2 Å². The van der Waals surface area contributed by atoms with Gasteiger partial charge in [0.2, 0.25) is 0 Å². The van der Waals surface area contributed by atoms with Crippen molar-refractivity contribution in [1.29, 1.82) is 0 Å². The zero-order valence-electron chi connectivity index (χ0n) is 9.23. The Kier molecular flexibility index (Phi) is 3.75. The molecule has 2 N–H and O–H groups in total. The van der Waals surface area contributed by atoms with Gasteiger partial charge in [0.25, 0.3) is 0 Å². The van der Waals surface area contributed by atoms with Gasteiger partial charge in [-0.2, -0.15) is 0 Å². The minimum Gasteiger partial charge on any atom is -0.329 e. The molecule has 0 aromatic heterocycles. The molecule has 1 aliphatic rings. The standard InChI is InChI=1S/C13H20N2/c14-7-9-15-8-6-13(11-15)10-12-4-2-1-3-5-12/h1-5,13H,6-11,14H2. The molecule has 1 fully saturated rings. The molecule has 2 rings (SSSR count). The SMILES string of the molecule is NCCN1CCC(Cc2ccccc2)C1. The second-order valence-corrected chi connectivity index (χ2v) is 4.43. The van der Waals surface area contributed by atoms with Crippen LogP contribution in [0.3, 0.4) is 0 Å². The molecule has 2 nitrogen and oxygen atoms in total. The van der Waals surface area contributed by atoms with E-state index in [-0.39, 0.29) is 0 Å². The molecule has 1 aromatic rings. The van der Waals surface area contributed by atoms with Gasteiger partial charge >= 0.3 is 0 Å². The van der Waals surface area contributed by atoms with Crippen LogP contribution < -0.4 is 5.73 Å². The van der Waals surface area contributed by atoms with E-state index in [0.717, 1.165) is 19.0 Å². The lowest BCUT2D eigenvalue weighted by molar-refractivity contribution is 0.333. The number of nitrogens with two attached hydrogens (primary N) is 1. The summed E-state index contributed by atoms with van der Waals surface area (Å²) in [6.45, 7) is 4.31. The van der Waals surface area contributed by atoms with Gasteiger partial charge in [0, 0.05) is 19.6 Å². The first-order valence-electron chi connectivity index (χ1n) is 5.85. The van der Waals surface area contributed by atoms with Crippen LogP contribution in [0.5, 0.6) is 0 Å². The Morgan fingerprint density at radius 1 is 1.27 bits per heavy atom. The average Bonchev–Trinajstić information content (AvgIpc) is 2.68. The number of rotatable bonds is 4. The molecule has 0 radical (unpaired) electrons. The highest BCUT2D eigenvalue weighted by molar-refractivity contribution is 5.15. The predicted molar refractivity (Wildman–Crippen MR) is 63.7 cm³/mol. The molecule has 0 spiro atoms. The van der Waals surface area contributed by atoms with Gasteiger partial charge in [0.05, 0.1) is 0 Å². The molecule has 0 bridgehead atoms. The quantitative estimate of drug-likeness (QED) is 0.805. The summed E-state index contributed by atoms with van der Waals surface area (Å²) in [6.07, 6.45) is 2.55. The smallest absolute Gasteiger partial charge is 0.0105 e. The van der Waals surface area contributed by atoms with Crippen molar-refractivity contribution in [2.45, 2.75) is 12.8 Å². The van der Waals surface area contributed by atoms with Crippen molar-refractivity contribution in [3.63, 3.8) is 0 Å². The Morgan fingerprint density at radius 3 is 2.80 bits per heavy atom. The fourth-order valence-corrected chi connectivity index (χ4v) is 2.41. The van der Waals surface area contributed by atoms with Crippen LogP contribution in [-0.4, -0.2) is 31.1 Å². The number of benzene rings is 1. The van der Waals surface area contributed by atoms with Gasteiger partial charge in [-0.1, -0.05) is 30.3 Å². The zero-order valence-corrected chi connectivity index (χ0v) is 9.23. The summed E-state index contributed by atoms with van der Waals surface area (Å²) in [7, 11) is 0. The molecule has 1 aliphatic heterocycles. The van der Waals surface area contributed by atoms with E-state index in [1.54, 1.807) is 0 Å². The highest BCUT2D eigenvalue weighted by Gasteiger charge is 2.21. The normalized spacial score (nSPS) is 22.1. The first-order valence-corrected chi connectivity index (χ1v) is 5.85. The van der Waals surface area contributed by atoms with E-state index >= 15 is 0 Å². The van der Waals surface area contributed by atoms with Crippen LogP contribution in [0.15, 0.2) is 30.3 Å². The Bertz CT molecular complexity index is 284. The van der Waals surface area contributed by atoms with Crippen LogP contribution in [0.1, 0.15) is 12.0 Å². The summed E-state index contributed by atoms with van der Waals surface area (Å²) < 4.78 is 0. The number of likely N-dealkylation sites (tertiary alicyclic amines) is 1. The van der Waals surface area contributed by atoms with E-state index < -0.39 is 0 Å². The maximum absolute atomic E-state index is 5.56. The summed E-state index contributed by atoms with van der Waals surface area (Å²) in [6, 6.07) is 10.8. The molecule has 0 amide bonds. The summed E-state index contributed by atoms with van der Waals surface area (Å²) in [5, 5.41) is 0. The van der Waals surface area contributed by atoms with Crippen molar-refractivity contribution in [2.24, 2.45) is 11.7 Å². The molecule has 1 saturated heterocycles. The third-order valence-electron chi connectivity index (χ3n) is 3.18. The largest absolute Gasteiger partial charge is 0.329 e. The molecule has 1 atom stereocenters. The minimum atomic E-state index is 0.790. The van der Waals surface area contributed by atoms with E-state index in [9.17, 15) is 0 Å². The minimum absolute atomic E-state index is 0.790. The van der Waals surface area contributed by atoms with Gasteiger partial charge in [-0.15, -0.1) is 0 Å². The fraction of sp³-hybridized carbons (Fsp3) is 0.538. The van der Waals surface area contributed by atoms with Crippen LogP contribution in [0.4, 0.5) is 0 Å². The maximum atomic E-state index is 5.56. The van der Waals surface area contributed by atoms with Gasteiger partial charge in [0.15, 0.2) is 0 Å². The summed E-state index contributed by atoms with van der Waals surface area (Å²) in [5.41, 5.74) is 7.03. The molecule has 0 saturated carbocycles. The average molecular weight is 204 g/mol. The number of hydrogen-bond donors (Lipinski definition) is 1. The van der Waals surface area contributed by atoms with E-state index in [2.05, 4.69) is 35.2 Å². The van der Waals surface area contributed by atoms with Crippen molar-refractivity contribution in [3.8, 4) is 0 Å². The lowest BCUT2D eigenvalue weighted by atomic mass is 9.99. The van der Waals surface area contributed by atoms with E-state index in [4.69, 9.17) is 5.73 Å². The van der Waals surface area contributed by atoms with E-state index in [1.165, 1.54) is 31.5 Å².